The summed E-state index contributed by atoms with van der Waals surface area (Å²) in [5, 5.41) is 3.49. The van der Waals surface area contributed by atoms with Gasteiger partial charge in [0.25, 0.3) is 0 Å². The molecule has 1 atom stereocenters. The second kappa shape index (κ2) is 5.06. The highest BCUT2D eigenvalue weighted by Crippen LogP contribution is 2.35. The van der Waals surface area contributed by atoms with E-state index in [1.54, 1.807) is 0 Å². The van der Waals surface area contributed by atoms with Gasteiger partial charge in [-0.1, -0.05) is 0 Å². The lowest BCUT2D eigenvalue weighted by Crippen LogP contribution is -2.23. The molecule has 1 heterocycles. The SMILES string of the molecule is CC(CCNC1CC1)Oc1ccc2c(c1)OCO2. The Morgan fingerprint density at radius 1 is 1.33 bits per heavy atom. The van der Waals surface area contributed by atoms with Crippen molar-refractivity contribution in [1.29, 1.82) is 0 Å². The van der Waals surface area contributed by atoms with Crippen molar-refractivity contribution in [3.05, 3.63) is 18.2 Å². The summed E-state index contributed by atoms with van der Waals surface area (Å²) in [6, 6.07) is 6.49. The molecule has 1 aliphatic carbocycles. The van der Waals surface area contributed by atoms with E-state index in [1.807, 2.05) is 18.2 Å². The molecule has 1 saturated carbocycles. The van der Waals surface area contributed by atoms with Crippen molar-refractivity contribution in [3.63, 3.8) is 0 Å². The summed E-state index contributed by atoms with van der Waals surface area (Å²) >= 11 is 0. The van der Waals surface area contributed by atoms with Crippen LogP contribution in [0.5, 0.6) is 17.2 Å². The fraction of sp³-hybridized carbons (Fsp3) is 0.571. The second-order valence-corrected chi connectivity index (χ2v) is 4.96. The molecule has 0 spiro atoms. The highest BCUT2D eigenvalue weighted by atomic mass is 16.7. The van der Waals surface area contributed by atoms with E-state index >= 15 is 0 Å². The molecular weight excluding hydrogens is 230 g/mol. The molecule has 4 heteroatoms. The molecule has 0 aromatic heterocycles. The van der Waals surface area contributed by atoms with Crippen LogP contribution in [0.15, 0.2) is 18.2 Å². The maximum Gasteiger partial charge on any atom is 0.231 e. The number of nitrogens with one attached hydrogen (secondary N) is 1. The topological polar surface area (TPSA) is 39.7 Å². The number of benzene rings is 1. The Bertz CT molecular complexity index is 418. The summed E-state index contributed by atoms with van der Waals surface area (Å²) in [5.74, 6) is 2.42. The minimum Gasteiger partial charge on any atom is -0.491 e. The van der Waals surface area contributed by atoms with Gasteiger partial charge in [-0.05, 0) is 44.9 Å². The molecule has 0 saturated heterocycles. The quantitative estimate of drug-likeness (QED) is 0.840. The number of fused-ring (bicyclic) bond motifs is 1. The van der Waals surface area contributed by atoms with E-state index in [9.17, 15) is 0 Å². The van der Waals surface area contributed by atoms with Crippen molar-refractivity contribution >= 4 is 0 Å². The van der Waals surface area contributed by atoms with Crippen LogP contribution in [0, 0.1) is 0 Å². The standard InChI is InChI=1S/C14H19NO3/c1-10(6-7-15-11-2-3-11)18-12-4-5-13-14(8-12)17-9-16-13/h4-5,8,10-11,15H,2-3,6-7,9H2,1H3. The average Bonchev–Trinajstić information content (AvgIpc) is 3.06. The molecule has 1 fully saturated rings. The fourth-order valence-electron chi connectivity index (χ4n) is 2.02. The van der Waals surface area contributed by atoms with E-state index in [-0.39, 0.29) is 6.10 Å². The zero-order chi connectivity index (χ0) is 12.4. The second-order valence-electron chi connectivity index (χ2n) is 4.96. The first-order valence-electron chi connectivity index (χ1n) is 6.61. The molecule has 18 heavy (non-hydrogen) atoms. The molecule has 1 aliphatic heterocycles. The largest absolute Gasteiger partial charge is 0.491 e. The van der Waals surface area contributed by atoms with E-state index in [0.717, 1.165) is 36.3 Å². The predicted octanol–water partition coefficient (Wildman–Crippen LogP) is 2.32. The first kappa shape index (κ1) is 11.7. The third-order valence-electron chi connectivity index (χ3n) is 3.24. The monoisotopic (exact) mass is 249 g/mol. The normalized spacial score (nSPS) is 18.7. The molecule has 1 aromatic carbocycles. The van der Waals surface area contributed by atoms with Crippen LogP contribution in [-0.2, 0) is 0 Å². The Morgan fingerprint density at radius 2 is 2.17 bits per heavy atom. The van der Waals surface area contributed by atoms with Crippen LogP contribution >= 0.6 is 0 Å². The molecule has 1 aromatic rings. The van der Waals surface area contributed by atoms with Gasteiger partial charge in [-0.25, -0.2) is 0 Å². The van der Waals surface area contributed by atoms with E-state index in [1.165, 1.54) is 12.8 Å². The Hall–Kier alpha value is -1.42. The highest BCUT2D eigenvalue weighted by Gasteiger charge is 2.20. The lowest BCUT2D eigenvalue weighted by molar-refractivity contribution is 0.173. The van der Waals surface area contributed by atoms with Gasteiger partial charge in [0.05, 0.1) is 6.10 Å². The van der Waals surface area contributed by atoms with Gasteiger partial charge in [0.1, 0.15) is 5.75 Å². The van der Waals surface area contributed by atoms with Crippen molar-refractivity contribution in [2.24, 2.45) is 0 Å². The Morgan fingerprint density at radius 3 is 3.00 bits per heavy atom. The molecule has 0 amide bonds. The van der Waals surface area contributed by atoms with Gasteiger partial charge in [0, 0.05) is 12.1 Å². The molecule has 0 radical (unpaired) electrons. The van der Waals surface area contributed by atoms with Crippen molar-refractivity contribution < 1.29 is 14.2 Å². The van der Waals surface area contributed by atoms with Crippen LogP contribution in [0.1, 0.15) is 26.2 Å². The van der Waals surface area contributed by atoms with E-state index in [4.69, 9.17) is 14.2 Å². The van der Waals surface area contributed by atoms with Crippen LogP contribution < -0.4 is 19.5 Å². The summed E-state index contributed by atoms with van der Waals surface area (Å²) in [7, 11) is 0. The number of rotatable bonds is 6. The van der Waals surface area contributed by atoms with Gasteiger partial charge in [-0.3, -0.25) is 0 Å². The minimum atomic E-state index is 0.205. The lowest BCUT2D eigenvalue weighted by atomic mass is 10.2. The van der Waals surface area contributed by atoms with Crippen LogP contribution in [0.3, 0.4) is 0 Å². The number of hydrogen-bond acceptors (Lipinski definition) is 4. The Balaban J connectivity index is 1.48. The third kappa shape index (κ3) is 2.88. The lowest BCUT2D eigenvalue weighted by Gasteiger charge is -2.15. The van der Waals surface area contributed by atoms with Crippen LogP contribution in [-0.4, -0.2) is 25.5 Å². The van der Waals surface area contributed by atoms with Gasteiger partial charge in [-0.2, -0.15) is 0 Å². The van der Waals surface area contributed by atoms with Gasteiger partial charge in [-0.15, -0.1) is 0 Å². The summed E-state index contributed by atoms with van der Waals surface area (Å²) in [4.78, 5) is 0. The predicted molar refractivity (Wildman–Crippen MR) is 68.3 cm³/mol. The summed E-state index contributed by atoms with van der Waals surface area (Å²) in [6.07, 6.45) is 3.89. The average molecular weight is 249 g/mol. The van der Waals surface area contributed by atoms with Crippen molar-refractivity contribution in [2.45, 2.75) is 38.3 Å². The Kier molecular flexibility index (Phi) is 3.28. The maximum absolute atomic E-state index is 5.87. The smallest absolute Gasteiger partial charge is 0.231 e. The van der Waals surface area contributed by atoms with E-state index in [2.05, 4.69) is 12.2 Å². The molecule has 3 rings (SSSR count). The molecule has 98 valence electrons. The summed E-state index contributed by atoms with van der Waals surface area (Å²) in [5.41, 5.74) is 0. The van der Waals surface area contributed by atoms with Gasteiger partial charge in [0.15, 0.2) is 11.5 Å². The van der Waals surface area contributed by atoms with E-state index < -0.39 is 0 Å². The molecule has 1 N–H and O–H groups in total. The Labute approximate surface area is 107 Å². The minimum absolute atomic E-state index is 0.205. The van der Waals surface area contributed by atoms with Crippen LogP contribution in [0.4, 0.5) is 0 Å². The zero-order valence-corrected chi connectivity index (χ0v) is 10.6. The van der Waals surface area contributed by atoms with Gasteiger partial charge >= 0.3 is 0 Å². The number of hydrogen-bond donors (Lipinski definition) is 1. The summed E-state index contributed by atoms with van der Waals surface area (Å²) < 4.78 is 16.5. The maximum atomic E-state index is 5.87. The van der Waals surface area contributed by atoms with Crippen LogP contribution in [0.2, 0.25) is 0 Å². The van der Waals surface area contributed by atoms with Crippen molar-refractivity contribution in [2.75, 3.05) is 13.3 Å². The number of ether oxygens (including phenoxy) is 3. The summed E-state index contributed by atoms with van der Waals surface area (Å²) in [6.45, 7) is 3.43. The fourth-order valence-corrected chi connectivity index (χ4v) is 2.02. The molecule has 2 aliphatic rings. The first-order valence-corrected chi connectivity index (χ1v) is 6.61. The van der Waals surface area contributed by atoms with Crippen LogP contribution in [0.25, 0.3) is 0 Å². The van der Waals surface area contributed by atoms with E-state index in [0.29, 0.717) is 6.79 Å². The molecule has 0 bridgehead atoms. The highest BCUT2D eigenvalue weighted by molar-refractivity contribution is 5.46. The third-order valence-corrected chi connectivity index (χ3v) is 3.24. The van der Waals surface area contributed by atoms with Crippen molar-refractivity contribution in [1.82, 2.24) is 5.32 Å². The molecule has 4 nitrogen and oxygen atoms in total. The van der Waals surface area contributed by atoms with Gasteiger partial charge in [0.2, 0.25) is 6.79 Å². The zero-order valence-electron chi connectivity index (χ0n) is 10.6. The molecular formula is C14H19NO3. The van der Waals surface area contributed by atoms with Gasteiger partial charge < -0.3 is 19.5 Å². The first-order chi connectivity index (χ1) is 8.81. The van der Waals surface area contributed by atoms with Crippen molar-refractivity contribution in [3.8, 4) is 17.2 Å². The molecule has 1 unspecified atom stereocenters.